The number of benzene rings is 2. The molecule has 2 aromatic carbocycles. The summed E-state index contributed by atoms with van der Waals surface area (Å²) in [5.41, 5.74) is 3.10. The SMILES string of the molecule is COC(=O)Nc1ccc2c(c1)NC(=O)C(C)CCCC(NC(=O)C1CN(c3cccc(Cl)c3F)N=N1)c1ccnc-2c1. The van der Waals surface area contributed by atoms with E-state index >= 15 is 0 Å². The number of hydrogen-bond acceptors (Lipinski definition) is 8. The molecule has 3 N–H and O–H groups in total. The Kier molecular flexibility index (Phi) is 8.62. The first kappa shape index (κ1) is 28.9. The molecular weight excluding hydrogens is 565 g/mol. The van der Waals surface area contributed by atoms with Crippen LogP contribution in [0.4, 0.5) is 26.2 Å². The Morgan fingerprint density at radius 2 is 2.00 bits per heavy atom. The third-order valence-electron chi connectivity index (χ3n) is 7.22. The molecule has 3 unspecified atom stereocenters. The van der Waals surface area contributed by atoms with E-state index in [2.05, 4.69) is 36.0 Å². The number of nitrogens with zero attached hydrogens (tertiary/aromatic N) is 4. The van der Waals surface area contributed by atoms with Gasteiger partial charge in [-0.25, -0.2) is 14.2 Å². The molecule has 0 radical (unpaired) electrons. The van der Waals surface area contributed by atoms with E-state index in [1.807, 2.05) is 19.1 Å². The van der Waals surface area contributed by atoms with Crippen molar-refractivity contribution < 1.29 is 23.5 Å². The first-order chi connectivity index (χ1) is 20.2. The molecule has 0 saturated heterocycles. The minimum atomic E-state index is -0.850. The summed E-state index contributed by atoms with van der Waals surface area (Å²) in [5, 5.41) is 18.0. The molecule has 3 atom stereocenters. The summed E-state index contributed by atoms with van der Waals surface area (Å²) in [5.74, 6) is -1.48. The van der Waals surface area contributed by atoms with Gasteiger partial charge >= 0.3 is 6.09 Å². The summed E-state index contributed by atoms with van der Waals surface area (Å²) >= 11 is 5.91. The van der Waals surface area contributed by atoms with E-state index in [9.17, 15) is 18.8 Å². The standard InChI is InChI=1S/C29H29ClFN7O4/c1-16-5-3-7-21(34-28(40)24-15-38(37-36-24)25-8-4-6-20(30)26(25)31)17-11-12-32-22(13-17)19-10-9-18(33-29(41)42-2)14-23(19)35-27(16)39/h4,6,8-14,16,21,24H,3,5,7,15H2,1-2H3,(H,33,41)(H,34,40)(H,35,39). The maximum absolute atomic E-state index is 14.5. The van der Waals surface area contributed by atoms with Crippen LogP contribution in [0.15, 0.2) is 65.1 Å². The fourth-order valence-electron chi connectivity index (χ4n) is 4.87. The van der Waals surface area contributed by atoms with Crippen LogP contribution in [-0.4, -0.2) is 42.6 Å². The van der Waals surface area contributed by atoms with Crippen LogP contribution in [0.5, 0.6) is 0 Å². The summed E-state index contributed by atoms with van der Waals surface area (Å²) in [7, 11) is 1.27. The van der Waals surface area contributed by atoms with Gasteiger partial charge in [-0.1, -0.05) is 36.2 Å². The number of fused-ring (bicyclic) bond motifs is 4. The molecule has 3 amide bonds. The fourth-order valence-corrected chi connectivity index (χ4v) is 5.04. The van der Waals surface area contributed by atoms with Gasteiger partial charge in [0.2, 0.25) is 11.8 Å². The number of amides is 3. The molecule has 0 saturated carbocycles. The highest BCUT2D eigenvalue weighted by Gasteiger charge is 2.31. The van der Waals surface area contributed by atoms with E-state index in [0.717, 1.165) is 5.56 Å². The Labute approximate surface area is 246 Å². The average Bonchev–Trinajstić information content (AvgIpc) is 3.48. The quantitative estimate of drug-likeness (QED) is 0.345. The van der Waals surface area contributed by atoms with Crippen LogP contribution in [0.1, 0.15) is 37.8 Å². The van der Waals surface area contributed by atoms with Gasteiger partial charge in [-0.15, -0.1) is 0 Å². The molecule has 1 aromatic heterocycles. The number of ether oxygens (including phenoxy) is 1. The Hall–Kier alpha value is -4.58. The van der Waals surface area contributed by atoms with Crippen molar-refractivity contribution in [2.24, 2.45) is 16.3 Å². The van der Waals surface area contributed by atoms with E-state index < -0.39 is 24.0 Å². The smallest absolute Gasteiger partial charge is 0.411 e. The normalized spacial score (nSPS) is 20.0. The summed E-state index contributed by atoms with van der Waals surface area (Å²) < 4.78 is 19.2. The third-order valence-corrected chi connectivity index (χ3v) is 7.51. The van der Waals surface area contributed by atoms with Crippen LogP contribution < -0.4 is 21.0 Å². The van der Waals surface area contributed by atoms with E-state index in [1.165, 1.54) is 24.3 Å². The zero-order valence-corrected chi connectivity index (χ0v) is 23.7. The van der Waals surface area contributed by atoms with Gasteiger partial charge in [0.15, 0.2) is 11.9 Å². The van der Waals surface area contributed by atoms with Crippen molar-refractivity contribution >= 4 is 46.6 Å². The number of aromatic nitrogens is 1. The summed E-state index contributed by atoms with van der Waals surface area (Å²) in [6, 6.07) is 12.1. The predicted octanol–water partition coefficient (Wildman–Crippen LogP) is 5.89. The first-order valence-corrected chi connectivity index (χ1v) is 13.8. The highest BCUT2D eigenvalue weighted by atomic mass is 35.5. The van der Waals surface area contributed by atoms with Crippen molar-refractivity contribution in [2.45, 2.75) is 38.3 Å². The molecule has 0 aliphatic carbocycles. The zero-order chi connectivity index (χ0) is 29.8. The number of carbonyl (C=O) groups is 3. The largest absolute Gasteiger partial charge is 0.453 e. The first-order valence-electron chi connectivity index (χ1n) is 13.4. The van der Waals surface area contributed by atoms with E-state index in [4.69, 9.17) is 11.6 Å². The Balaban J connectivity index is 1.40. The van der Waals surface area contributed by atoms with Gasteiger partial charge in [0, 0.05) is 23.4 Å². The highest BCUT2D eigenvalue weighted by molar-refractivity contribution is 6.31. The van der Waals surface area contributed by atoms with Crippen LogP contribution in [0.25, 0.3) is 11.3 Å². The monoisotopic (exact) mass is 593 g/mol. The van der Waals surface area contributed by atoms with Gasteiger partial charge in [0.25, 0.3) is 0 Å². The van der Waals surface area contributed by atoms with E-state index in [0.29, 0.717) is 41.9 Å². The van der Waals surface area contributed by atoms with Gasteiger partial charge in [0.05, 0.1) is 41.8 Å². The number of carbonyl (C=O) groups excluding carboxylic acids is 3. The molecule has 42 heavy (non-hydrogen) atoms. The lowest BCUT2D eigenvalue weighted by molar-refractivity contribution is -0.123. The molecule has 2 bridgehead atoms. The molecule has 11 nitrogen and oxygen atoms in total. The van der Waals surface area contributed by atoms with Crippen molar-refractivity contribution in [2.75, 3.05) is 29.3 Å². The number of rotatable bonds is 4. The minimum absolute atomic E-state index is 0.0437. The minimum Gasteiger partial charge on any atom is -0.453 e. The van der Waals surface area contributed by atoms with E-state index in [1.54, 1.807) is 30.5 Å². The molecule has 5 rings (SSSR count). The van der Waals surface area contributed by atoms with E-state index in [-0.39, 0.29) is 35.0 Å². The molecule has 0 fully saturated rings. The van der Waals surface area contributed by atoms with Crippen LogP contribution >= 0.6 is 11.6 Å². The van der Waals surface area contributed by atoms with Gasteiger partial charge < -0.3 is 15.4 Å². The van der Waals surface area contributed by atoms with Crippen molar-refractivity contribution in [3.05, 3.63) is 71.1 Å². The molecule has 2 aliphatic rings. The molecule has 218 valence electrons. The Bertz CT molecular complexity index is 1550. The molecule has 13 heteroatoms. The van der Waals surface area contributed by atoms with Crippen LogP contribution in [-0.2, 0) is 14.3 Å². The van der Waals surface area contributed by atoms with Crippen LogP contribution in [0, 0.1) is 11.7 Å². The van der Waals surface area contributed by atoms with Crippen molar-refractivity contribution in [3.8, 4) is 11.3 Å². The number of hydrogen-bond donors (Lipinski definition) is 3. The number of nitrogens with one attached hydrogen (secondary N) is 3. The predicted molar refractivity (Wildman–Crippen MR) is 156 cm³/mol. The highest BCUT2D eigenvalue weighted by Crippen LogP contribution is 2.34. The number of halogens is 2. The number of anilines is 3. The van der Waals surface area contributed by atoms with Gasteiger partial charge in [-0.2, -0.15) is 5.11 Å². The number of methoxy groups -OCH3 is 1. The Morgan fingerprint density at radius 3 is 2.81 bits per heavy atom. The second kappa shape index (κ2) is 12.5. The molecule has 3 aromatic rings. The third kappa shape index (κ3) is 6.33. The van der Waals surface area contributed by atoms with Crippen LogP contribution in [0.3, 0.4) is 0 Å². The van der Waals surface area contributed by atoms with Crippen molar-refractivity contribution in [1.82, 2.24) is 10.3 Å². The maximum atomic E-state index is 14.5. The molecular formula is C29H29ClFN7O4. The lowest BCUT2D eigenvalue weighted by atomic mass is 9.94. The summed E-state index contributed by atoms with van der Waals surface area (Å²) in [6.07, 6.45) is 2.81. The number of pyridine rings is 1. The second-order valence-corrected chi connectivity index (χ2v) is 10.5. The van der Waals surface area contributed by atoms with Gasteiger partial charge in [-0.3, -0.25) is 19.9 Å². The zero-order valence-electron chi connectivity index (χ0n) is 22.9. The summed E-state index contributed by atoms with van der Waals surface area (Å²) in [4.78, 5) is 42.7. The summed E-state index contributed by atoms with van der Waals surface area (Å²) in [6.45, 7) is 1.90. The van der Waals surface area contributed by atoms with Gasteiger partial charge in [0.1, 0.15) is 0 Å². The van der Waals surface area contributed by atoms with Crippen molar-refractivity contribution in [3.63, 3.8) is 0 Å². The lowest BCUT2D eigenvalue weighted by Crippen LogP contribution is -2.39. The average molecular weight is 594 g/mol. The van der Waals surface area contributed by atoms with Crippen LogP contribution in [0.2, 0.25) is 5.02 Å². The molecule has 2 aliphatic heterocycles. The maximum Gasteiger partial charge on any atom is 0.411 e. The second-order valence-electron chi connectivity index (χ2n) is 10.1. The topological polar surface area (TPSA) is 137 Å². The molecule has 3 heterocycles. The Morgan fingerprint density at radius 1 is 1.17 bits per heavy atom. The lowest BCUT2D eigenvalue weighted by Gasteiger charge is -2.23. The fraction of sp³-hybridized carbons (Fsp3) is 0.310. The van der Waals surface area contributed by atoms with Gasteiger partial charge in [-0.05, 0) is 60.9 Å². The van der Waals surface area contributed by atoms with Crippen molar-refractivity contribution in [1.29, 1.82) is 0 Å². The molecule has 0 spiro atoms.